The summed E-state index contributed by atoms with van der Waals surface area (Å²) >= 11 is 6.47. The zero-order chi connectivity index (χ0) is 33.8. The Morgan fingerprint density at radius 1 is 1.00 bits per heavy atom. The predicted octanol–water partition coefficient (Wildman–Crippen LogP) is 7.19. The Labute approximate surface area is 277 Å². The molecule has 2 aliphatic rings. The number of piperidine rings is 1. The fourth-order valence-electron chi connectivity index (χ4n) is 6.48. The van der Waals surface area contributed by atoms with Crippen LogP contribution in [0.5, 0.6) is 5.75 Å². The fourth-order valence-corrected chi connectivity index (χ4v) is 7.82. The van der Waals surface area contributed by atoms with Crippen molar-refractivity contribution in [2.45, 2.75) is 108 Å². The summed E-state index contributed by atoms with van der Waals surface area (Å²) in [6.07, 6.45) is 3.07. The van der Waals surface area contributed by atoms with Gasteiger partial charge < -0.3 is 20.3 Å². The largest absolute Gasteiger partial charge is 0.489 e. The minimum Gasteiger partial charge on any atom is -0.489 e. The van der Waals surface area contributed by atoms with Crippen molar-refractivity contribution in [3.63, 3.8) is 0 Å². The van der Waals surface area contributed by atoms with E-state index in [1.54, 1.807) is 38.1 Å². The lowest BCUT2D eigenvalue weighted by Gasteiger charge is -2.55. The Bertz CT molecular complexity index is 1740. The maximum atomic E-state index is 13.9. The third-order valence-corrected chi connectivity index (χ3v) is 11.7. The molecule has 0 saturated carbocycles. The highest BCUT2D eigenvalue weighted by Gasteiger charge is 2.47. The van der Waals surface area contributed by atoms with Gasteiger partial charge in [-0.25, -0.2) is 13.4 Å². The van der Waals surface area contributed by atoms with Gasteiger partial charge in [0, 0.05) is 29.2 Å². The molecule has 0 aliphatic carbocycles. The topological polar surface area (TPSA) is 117 Å². The molecule has 248 valence electrons. The quantitative estimate of drug-likeness (QED) is 0.244. The van der Waals surface area contributed by atoms with Gasteiger partial charge >= 0.3 is 0 Å². The molecule has 1 aromatic heterocycles. The van der Waals surface area contributed by atoms with E-state index in [9.17, 15) is 13.2 Å². The minimum atomic E-state index is -3.58. The Balaban J connectivity index is 1.46. The number of halogens is 1. The number of nitrogens with zero attached hydrogens (tertiary/aromatic N) is 4. The highest BCUT2D eigenvalue weighted by atomic mass is 35.5. The molecule has 0 bridgehead atoms. The molecule has 2 N–H and O–H groups in total. The number of rotatable bonds is 9. The van der Waals surface area contributed by atoms with Gasteiger partial charge in [0.1, 0.15) is 10.8 Å². The second-order valence-corrected chi connectivity index (χ2v) is 17.0. The maximum absolute atomic E-state index is 13.9. The van der Waals surface area contributed by atoms with Crippen molar-refractivity contribution in [1.29, 1.82) is 0 Å². The lowest BCUT2D eigenvalue weighted by Crippen LogP contribution is -2.62. The average molecular weight is 669 g/mol. The smallest absolute Gasteiger partial charge is 0.254 e. The maximum Gasteiger partial charge on any atom is 0.254 e. The third kappa shape index (κ3) is 6.55. The molecule has 0 spiro atoms. The van der Waals surface area contributed by atoms with Crippen LogP contribution < -0.4 is 15.4 Å². The molecule has 12 heteroatoms. The van der Waals surface area contributed by atoms with Gasteiger partial charge in [-0.2, -0.15) is 4.98 Å². The van der Waals surface area contributed by atoms with Crippen molar-refractivity contribution in [2.24, 2.45) is 0 Å². The molecule has 10 nitrogen and oxygen atoms in total. The van der Waals surface area contributed by atoms with Crippen LogP contribution in [0.25, 0.3) is 0 Å². The van der Waals surface area contributed by atoms with Gasteiger partial charge in [-0.15, -0.1) is 0 Å². The van der Waals surface area contributed by atoms with Crippen LogP contribution in [-0.4, -0.2) is 69.6 Å². The number of amides is 1. The van der Waals surface area contributed by atoms with Gasteiger partial charge in [0.05, 0.1) is 33.8 Å². The van der Waals surface area contributed by atoms with Gasteiger partial charge in [-0.1, -0.05) is 23.7 Å². The summed E-state index contributed by atoms with van der Waals surface area (Å²) in [5, 5.41) is 5.92. The molecule has 2 aliphatic heterocycles. The van der Waals surface area contributed by atoms with E-state index in [2.05, 4.69) is 60.2 Å². The number of ether oxygens (including phenoxy) is 1. The van der Waals surface area contributed by atoms with Crippen molar-refractivity contribution in [1.82, 2.24) is 19.8 Å². The highest BCUT2D eigenvalue weighted by Crippen LogP contribution is 2.43. The molecule has 1 amide bonds. The van der Waals surface area contributed by atoms with E-state index < -0.39 is 15.1 Å². The van der Waals surface area contributed by atoms with Crippen molar-refractivity contribution < 1.29 is 17.9 Å². The zero-order valence-corrected chi connectivity index (χ0v) is 29.7. The van der Waals surface area contributed by atoms with E-state index in [1.807, 2.05) is 30.9 Å². The van der Waals surface area contributed by atoms with Crippen LogP contribution in [0.2, 0.25) is 5.02 Å². The van der Waals surface area contributed by atoms with Gasteiger partial charge in [-0.3, -0.25) is 9.69 Å². The minimum absolute atomic E-state index is 0.00218. The standard InChI is InChI=1S/C34H45ClN6O4S/c1-20(2)45-28-14-22-19-41(23-16-33(5,6)40(9)34(7,8)17-23)31(42)24(22)15-27(28)38-32-36-18-25(35)30(39-32)37-26-12-10-11-13-29(26)46(43,44)21(3)4/h10-15,18,20-21,23H,16-17,19H2,1-9H3,(H2,36,37,38,39). The van der Waals surface area contributed by atoms with E-state index in [4.69, 9.17) is 16.3 Å². The lowest BCUT2D eigenvalue weighted by atomic mass is 9.77. The monoisotopic (exact) mass is 668 g/mol. The molecule has 0 unspecified atom stereocenters. The van der Waals surface area contributed by atoms with Crippen molar-refractivity contribution in [2.75, 3.05) is 17.7 Å². The van der Waals surface area contributed by atoms with E-state index in [1.165, 1.54) is 6.20 Å². The van der Waals surface area contributed by atoms with Crippen LogP contribution in [0.1, 0.15) is 84.2 Å². The second kappa shape index (κ2) is 12.3. The Morgan fingerprint density at radius 3 is 2.28 bits per heavy atom. The Morgan fingerprint density at radius 2 is 1.65 bits per heavy atom. The number of para-hydroxylation sites is 1. The molecule has 5 rings (SSSR count). The first kappa shape index (κ1) is 33.9. The number of nitrogens with one attached hydrogen (secondary N) is 2. The summed E-state index contributed by atoms with van der Waals surface area (Å²) in [4.78, 5) is 27.5. The molecule has 0 radical (unpaired) electrons. The van der Waals surface area contributed by atoms with E-state index >= 15 is 0 Å². The van der Waals surface area contributed by atoms with Crippen LogP contribution in [0.3, 0.4) is 0 Å². The molecular weight excluding hydrogens is 624 g/mol. The van der Waals surface area contributed by atoms with Crippen LogP contribution >= 0.6 is 11.6 Å². The van der Waals surface area contributed by atoms with Crippen LogP contribution in [0.4, 0.5) is 23.1 Å². The molecule has 3 heterocycles. The van der Waals surface area contributed by atoms with Gasteiger partial charge in [0.15, 0.2) is 15.7 Å². The number of benzene rings is 2. The van der Waals surface area contributed by atoms with E-state index in [0.29, 0.717) is 29.2 Å². The number of carbonyl (C=O) groups is 1. The van der Waals surface area contributed by atoms with Crippen molar-refractivity contribution in [3.05, 3.63) is 58.7 Å². The fraction of sp³-hybridized carbons (Fsp3) is 0.500. The summed E-state index contributed by atoms with van der Waals surface area (Å²) in [6.45, 7) is 16.6. The second-order valence-electron chi connectivity index (χ2n) is 14.1. The van der Waals surface area contributed by atoms with E-state index in [0.717, 1.165) is 18.4 Å². The molecule has 2 aromatic carbocycles. The first-order valence-corrected chi connectivity index (χ1v) is 17.6. The average Bonchev–Trinajstić information content (AvgIpc) is 3.28. The van der Waals surface area contributed by atoms with E-state index in [-0.39, 0.29) is 50.8 Å². The molecular formula is C34H45ClN6O4S. The Kier molecular flexibility index (Phi) is 9.09. The number of fused-ring (bicyclic) bond motifs is 1. The number of aromatic nitrogens is 2. The normalized spacial score (nSPS) is 18.3. The number of sulfone groups is 1. The SMILES string of the molecule is CC(C)Oc1cc2c(cc1Nc1ncc(Cl)c(Nc3ccccc3S(=O)(=O)C(C)C)n1)C(=O)N(C1CC(C)(C)N(C)C(C)(C)C1)C2. The van der Waals surface area contributed by atoms with Crippen molar-refractivity contribution >= 4 is 50.5 Å². The number of anilines is 4. The van der Waals surface area contributed by atoms with Crippen LogP contribution in [-0.2, 0) is 16.4 Å². The summed E-state index contributed by atoms with van der Waals surface area (Å²) in [7, 11) is -1.41. The molecule has 1 fully saturated rings. The predicted molar refractivity (Wildman–Crippen MR) is 183 cm³/mol. The first-order valence-electron chi connectivity index (χ1n) is 15.7. The zero-order valence-electron chi connectivity index (χ0n) is 28.1. The molecule has 3 aromatic rings. The van der Waals surface area contributed by atoms with Gasteiger partial charge in [0.2, 0.25) is 5.95 Å². The summed E-state index contributed by atoms with van der Waals surface area (Å²) < 4.78 is 32.2. The van der Waals surface area contributed by atoms with Gasteiger partial charge in [-0.05, 0) is 105 Å². The lowest BCUT2D eigenvalue weighted by molar-refractivity contribution is -0.0417. The molecule has 46 heavy (non-hydrogen) atoms. The third-order valence-electron chi connectivity index (χ3n) is 9.18. The van der Waals surface area contributed by atoms with Crippen LogP contribution in [0.15, 0.2) is 47.5 Å². The molecule has 1 saturated heterocycles. The molecule has 0 atom stereocenters. The number of hydrogen-bond acceptors (Lipinski definition) is 9. The number of likely N-dealkylation sites (tertiary alicyclic amines) is 1. The highest BCUT2D eigenvalue weighted by molar-refractivity contribution is 7.92. The van der Waals surface area contributed by atoms with Gasteiger partial charge in [0.25, 0.3) is 5.91 Å². The summed E-state index contributed by atoms with van der Waals surface area (Å²) in [6, 6.07) is 10.5. The van der Waals surface area contributed by atoms with Crippen LogP contribution in [0, 0.1) is 0 Å². The number of carbonyl (C=O) groups excluding carboxylic acids is 1. The summed E-state index contributed by atoms with van der Waals surface area (Å²) in [5.41, 5.74) is 2.32. The number of hydrogen-bond donors (Lipinski definition) is 2. The van der Waals surface area contributed by atoms with Crippen molar-refractivity contribution in [3.8, 4) is 5.75 Å². The Hall–Kier alpha value is -3.41. The first-order chi connectivity index (χ1) is 21.4. The summed E-state index contributed by atoms with van der Waals surface area (Å²) in [5.74, 6) is 1.00.